The highest BCUT2D eigenvalue weighted by molar-refractivity contribution is 9.11. The normalized spacial score (nSPS) is 15.6. The van der Waals surface area contributed by atoms with Crippen LogP contribution in [0.1, 0.15) is 0 Å². The first-order chi connectivity index (χ1) is 17.3. The zero-order valence-corrected chi connectivity index (χ0v) is 22.9. The fourth-order valence-corrected chi connectivity index (χ4v) is 4.77. The van der Waals surface area contributed by atoms with E-state index in [0.29, 0.717) is 84.4 Å². The van der Waals surface area contributed by atoms with Gasteiger partial charge < -0.3 is 28.7 Å². The first kappa shape index (κ1) is 27.9. The molecule has 4 rings (SSSR count). The fourth-order valence-electron chi connectivity index (χ4n) is 3.78. The second-order valence-electron chi connectivity index (χ2n) is 7.66. The van der Waals surface area contributed by atoms with Crippen molar-refractivity contribution in [2.45, 2.75) is 0 Å². The van der Waals surface area contributed by atoms with Gasteiger partial charge in [-0.1, -0.05) is 0 Å². The number of morpholine rings is 2. The molecule has 2 aliphatic heterocycles. The van der Waals surface area contributed by atoms with E-state index < -0.39 is 0 Å². The van der Waals surface area contributed by atoms with E-state index in [9.17, 15) is 20.2 Å². The molecule has 2 fully saturated rings. The van der Waals surface area contributed by atoms with Gasteiger partial charge in [-0.25, -0.2) is 0 Å². The average molecular weight is 634 g/mol. The zero-order chi connectivity index (χ0) is 26.2. The lowest BCUT2D eigenvalue weighted by Crippen LogP contribution is -2.36. The van der Waals surface area contributed by atoms with Crippen molar-refractivity contribution in [2.75, 3.05) is 76.6 Å². The summed E-state index contributed by atoms with van der Waals surface area (Å²) < 4.78 is 22.0. The van der Waals surface area contributed by atoms with Gasteiger partial charge in [0.2, 0.25) is 0 Å². The number of hydrogen-bond acceptors (Lipinski definition) is 10. The van der Waals surface area contributed by atoms with E-state index in [-0.39, 0.29) is 21.2 Å². The third kappa shape index (κ3) is 6.75. The smallest absolute Gasteiger partial charge is 0.293 e. The molecule has 12 nitrogen and oxygen atoms in total. The van der Waals surface area contributed by atoms with Gasteiger partial charge in [0.05, 0.1) is 59.4 Å². The van der Waals surface area contributed by atoms with Gasteiger partial charge in [-0.2, -0.15) is 0 Å². The van der Waals surface area contributed by atoms with Crippen molar-refractivity contribution in [3.63, 3.8) is 0 Å². The van der Waals surface area contributed by atoms with Crippen LogP contribution in [0.4, 0.5) is 22.7 Å². The van der Waals surface area contributed by atoms with Crippen molar-refractivity contribution in [1.29, 1.82) is 0 Å². The molecule has 0 unspecified atom stereocenters. The lowest BCUT2D eigenvalue weighted by Gasteiger charge is -2.28. The molecule has 0 saturated carbocycles. The van der Waals surface area contributed by atoms with Gasteiger partial charge in [-0.3, -0.25) is 20.2 Å². The van der Waals surface area contributed by atoms with Crippen molar-refractivity contribution in [2.24, 2.45) is 0 Å². The Labute approximate surface area is 224 Å². The molecule has 14 heteroatoms. The topological polar surface area (TPSA) is 130 Å². The number of anilines is 2. The van der Waals surface area contributed by atoms with Crippen LogP contribution in [-0.4, -0.2) is 76.7 Å². The van der Waals surface area contributed by atoms with E-state index in [4.69, 9.17) is 18.9 Å². The molecular formula is C22H26Br2N4O8. The highest BCUT2D eigenvalue weighted by Gasteiger charge is 2.25. The van der Waals surface area contributed by atoms with Crippen LogP contribution in [-0.2, 0) is 9.47 Å². The Morgan fingerprint density at radius 2 is 1.06 bits per heavy atom. The molecule has 2 heterocycles. The molecule has 0 amide bonds. The van der Waals surface area contributed by atoms with Crippen LogP contribution in [0.25, 0.3) is 0 Å². The van der Waals surface area contributed by atoms with Gasteiger partial charge in [-0.15, -0.1) is 0 Å². The average Bonchev–Trinajstić information content (AvgIpc) is 2.89. The minimum Gasteiger partial charge on any atom is -0.495 e. The van der Waals surface area contributed by atoms with E-state index in [1.807, 2.05) is 9.80 Å². The summed E-state index contributed by atoms with van der Waals surface area (Å²) in [6.07, 6.45) is 0. The minimum atomic E-state index is -0.380. The number of nitro benzene ring substituents is 2. The Kier molecular flexibility index (Phi) is 10.1. The molecule has 36 heavy (non-hydrogen) atoms. The maximum absolute atomic E-state index is 11.1. The summed E-state index contributed by atoms with van der Waals surface area (Å²) in [6.45, 7) is 4.89. The molecule has 2 aromatic rings. The van der Waals surface area contributed by atoms with E-state index in [1.54, 1.807) is 12.1 Å². The summed E-state index contributed by atoms with van der Waals surface area (Å²) in [5.41, 5.74) is 1.29. The number of ether oxygens (including phenoxy) is 4. The number of halogens is 2. The quantitative estimate of drug-likeness (QED) is 0.333. The number of rotatable bonds is 6. The Balaban J connectivity index is 0.000000201. The second kappa shape index (κ2) is 13.0. The van der Waals surface area contributed by atoms with Gasteiger partial charge in [0.25, 0.3) is 11.4 Å². The van der Waals surface area contributed by atoms with E-state index in [1.165, 1.54) is 26.4 Å². The van der Waals surface area contributed by atoms with Gasteiger partial charge >= 0.3 is 0 Å². The number of benzene rings is 2. The molecule has 0 atom stereocenters. The van der Waals surface area contributed by atoms with Crippen LogP contribution < -0.4 is 19.3 Å². The molecule has 0 aliphatic carbocycles. The third-order valence-electron chi connectivity index (χ3n) is 5.59. The largest absolute Gasteiger partial charge is 0.495 e. The van der Waals surface area contributed by atoms with Crippen molar-refractivity contribution in [3.05, 3.63) is 53.4 Å². The predicted molar refractivity (Wildman–Crippen MR) is 141 cm³/mol. The summed E-state index contributed by atoms with van der Waals surface area (Å²) >= 11 is 6.52. The number of hydrogen-bond donors (Lipinski definition) is 0. The summed E-state index contributed by atoms with van der Waals surface area (Å²) in [4.78, 5) is 25.3. The Morgan fingerprint density at radius 1 is 0.722 bits per heavy atom. The van der Waals surface area contributed by atoms with Gasteiger partial charge in [0.1, 0.15) is 22.9 Å². The van der Waals surface area contributed by atoms with Crippen LogP contribution in [0.15, 0.2) is 33.2 Å². The Bertz CT molecular complexity index is 1010. The molecular weight excluding hydrogens is 608 g/mol. The predicted octanol–water partition coefficient (Wildman–Crippen LogP) is 4.41. The molecule has 196 valence electrons. The van der Waals surface area contributed by atoms with E-state index in [0.717, 1.165) is 0 Å². The zero-order valence-electron chi connectivity index (χ0n) is 19.8. The summed E-state index contributed by atoms with van der Waals surface area (Å²) in [5, 5.41) is 22.2. The molecule has 2 aliphatic rings. The molecule has 0 radical (unpaired) electrons. The Morgan fingerprint density at radius 3 is 1.33 bits per heavy atom. The van der Waals surface area contributed by atoms with Crippen molar-refractivity contribution in [3.8, 4) is 11.5 Å². The molecule has 0 bridgehead atoms. The molecule has 0 aromatic heterocycles. The third-order valence-corrected chi connectivity index (χ3v) is 6.83. The van der Waals surface area contributed by atoms with Crippen molar-refractivity contribution in [1.82, 2.24) is 0 Å². The highest BCUT2D eigenvalue weighted by atomic mass is 79.9. The van der Waals surface area contributed by atoms with Crippen LogP contribution in [0, 0.1) is 20.2 Å². The Hall–Kier alpha value is -2.68. The first-order valence-corrected chi connectivity index (χ1v) is 12.5. The standard InChI is InChI=1S/2C11H13BrN2O4/c2*1-17-11-7-9(13-2-4-18-5-3-13)10(14(15)16)6-8(11)12/h2*6-7H,2-5H2,1H3. The number of nitrogens with zero attached hydrogens (tertiary/aromatic N) is 4. The summed E-state index contributed by atoms with van der Waals surface area (Å²) in [6, 6.07) is 6.33. The van der Waals surface area contributed by atoms with Crippen LogP contribution in [0.2, 0.25) is 0 Å². The lowest BCUT2D eigenvalue weighted by molar-refractivity contribution is -0.384. The van der Waals surface area contributed by atoms with Gasteiger partial charge in [0.15, 0.2) is 0 Å². The van der Waals surface area contributed by atoms with Crippen molar-refractivity contribution < 1.29 is 28.8 Å². The molecule has 2 saturated heterocycles. The molecule has 0 spiro atoms. The monoisotopic (exact) mass is 632 g/mol. The van der Waals surface area contributed by atoms with E-state index in [2.05, 4.69) is 31.9 Å². The molecule has 0 N–H and O–H groups in total. The highest BCUT2D eigenvalue weighted by Crippen LogP contribution is 2.39. The second-order valence-corrected chi connectivity index (χ2v) is 9.37. The number of methoxy groups -OCH3 is 2. The lowest BCUT2D eigenvalue weighted by atomic mass is 10.2. The van der Waals surface area contributed by atoms with E-state index >= 15 is 0 Å². The van der Waals surface area contributed by atoms with Crippen LogP contribution in [0.5, 0.6) is 11.5 Å². The maximum atomic E-state index is 11.1. The van der Waals surface area contributed by atoms with Crippen LogP contribution in [0.3, 0.4) is 0 Å². The van der Waals surface area contributed by atoms with Crippen molar-refractivity contribution >= 4 is 54.6 Å². The summed E-state index contributed by atoms with van der Waals surface area (Å²) in [7, 11) is 3.07. The number of nitro groups is 2. The van der Waals surface area contributed by atoms with Gasteiger partial charge in [0, 0.05) is 50.4 Å². The van der Waals surface area contributed by atoms with Gasteiger partial charge in [-0.05, 0) is 31.9 Å². The SMILES string of the molecule is COc1cc(N2CCOCC2)c([N+](=O)[O-])cc1Br.COc1cc(N2CCOCC2)c([N+](=O)[O-])cc1Br. The fraction of sp³-hybridized carbons (Fsp3) is 0.455. The summed E-state index contributed by atoms with van der Waals surface area (Å²) in [5.74, 6) is 1.17. The first-order valence-electron chi connectivity index (χ1n) is 11.0. The maximum Gasteiger partial charge on any atom is 0.293 e. The van der Waals surface area contributed by atoms with Crippen LogP contribution >= 0.6 is 31.9 Å². The minimum absolute atomic E-state index is 0.0737. The molecule has 2 aromatic carbocycles.